The highest BCUT2D eigenvalue weighted by Crippen LogP contribution is 2.40. The van der Waals surface area contributed by atoms with Gasteiger partial charge in [-0.15, -0.1) is 0 Å². The van der Waals surface area contributed by atoms with Gasteiger partial charge in [0.1, 0.15) is 11.5 Å². The second-order valence-corrected chi connectivity index (χ2v) is 4.48. The number of methoxy groups -OCH3 is 2. The first-order chi connectivity index (χ1) is 9.21. The monoisotopic (exact) mass is 277 g/mol. The fourth-order valence-corrected chi connectivity index (χ4v) is 2.29. The van der Waals surface area contributed by atoms with Crippen molar-refractivity contribution in [1.82, 2.24) is 0 Å². The molecule has 0 aliphatic carbocycles. The van der Waals surface area contributed by atoms with Gasteiger partial charge < -0.3 is 15.2 Å². The van der Waals surface area contributed by atoms with E-state index in [2.05, 4.69) is 0 Å². The van der Waals surface area contributed by atoms with E-state index in [0.29, 0.717) is 11.6 Å². The smallest absolute Gasteiger partial charge is 0.130 e. The van der Waals surface area contributed by atoms with Crippen LogP contribution >= 0.6 is 11.6 Å². The minimum atomic E-state index is 0.400. The van der Waals surface area contributed by atoms with Crippen molar-refractivity contribution in [3.05, 3.63) is 47.0 Å². The zero-order valence-corrected chi connectivity index (χ0v) is 11.7. The molecule has 0 heterocycles. The fraction of sp³-hybridized carbons (Fsp3) is 0.200. The number of hydrogen-bond donors (Lipinski definition) is 1. The molecule has 0 aromatic heterocycles. The van der Waals surface area contributed by atoms with Crippen molar-refractivity contribution in [3.8, 4) is 22.6 Å². The largest absolute Gasteiger partial charge is 0.496 e. The molecule has 100 valence electrons. The molecule has 0 radical (unpaired) electrons. The maximum Gasteiger partial charge on any atom is 0.130 e. The van der Waals surface area contributed by atoms with E-state index in [1.807, 2.05) is 36.4 Å². The Hall–Kier alpha value is -1.71. The molecule has 0 atom stereocenters. The first-order valence-electron chi connectivity index (χ1n) is 5.91. The van der Waals surface area contributed by atoms with Gasteiger partial charge in [-0.2, -0.15) is 0 Å². The summed E-state index contributed by atoms with van der Waals surface area (Å²) in [7, 11) is 3.27. The highest BCUT2D eigenvalue weighted by atomic mass is 35.5. The molecular formula is C15H16ClNO2. The van der Waals surface area contributed by atoms with Crippen LogP contribution in [0.3, 0.4) is 0 Å². The van der Waals surface area contributed by atoms with E-state index >= 15 is 0 Å². The lowest BCUT2D eigenvalue weighted by Crippen LogP contribution is -2.01. The predicted molar refractivity (Wildman–Crippen MR) is 77.9 cm³/mol. The van der Waals surface area contributed by atoms with Crippen molar-refractivity contribution in [2.24, 2.45) is 5.73 Å². The van der Waals surface area contributed by atoms with Crippen LogP contribution in [-0.2, 0) is 6.54 Å². The van der Waals surface area contributed by atoms with Gasteiger partial charge in [-0.3, -0.25) is 0 Å². The molecule has 0 unspecified atom stereocenters. The third-order valence-corrected chi connectivity index (χ3v) is 3.22. The number of nitrogens with two attached hydrogens (primary N) is 1. The zero-order valence-electron chi connectivity index (χ0n) is 10.9. The lowest BCUT2D eigenvalue weighted by Gasteiger charge is -2.16. The van der Waals surface area contributed by atoms with Crippen molar-refractivity contribution in [3.63, 3.8) is 0 Å². The number of halogens is 1. The summed E-state index contributed by atoms with van der Waals surface area (Å²) in [5.41, 5.74) is 8.62. The zero-order chi connectivity index (χ0) is 13.8. The van der Waals surface area contributed by atoms with Gasteiger partial charge in [0.15, 0.2) is 0 Å². The third-order valence-electron chi connectivity index (χ3n) is 2.98. The summed E-state index contributed by atoms with van der Waals surface area (Å²) in [5, 5.41) is 0.665. The summed E-state index contributed by atoms with van der Waals surface area (Å²) in [4.78, 5) is 0. The van der Waals surface area contributed by atoms with Crippen molar-refractivity contribution in [2.45, 2.75) is 6.54 Å². The summed E-state index contributed by atoms with van der Waals surface area (Å²) in [5.74, 6) is 1.49. The van der Waals surface area contributed by atoms with Crippen LogP contribution in [0.5, 0.6) is 11.5 Å². The second kappa shape index (κ2) is 5.95. The van der Waals surface area contributed by atoms with Crippen LogP contribution in [-0.4, -0.2) is 14.2 Å². The number of ether oxygens (including phenoxy) is 2. The Balaban J connectivity index is 2.70. The van der Waals surface area contributed by atoms with Crippen molar-refractivity contribution in [2.75, 3.05) is 14.2 Å². The van der Waals surface area contributed by atoms with E-state index in [-0.39, 0.29) is 0 Å². The molecule has 2 rings (SSSR count). The van der Waals surface area contributed by atoms with E-state index in [1.54, 1.807) is 14.2 Å². The lowest BCUT2D eigenvalue weighted by atomic mass is 9.98. The maximum atomic E-state index is 6.01. The van der Waals surface area contributed by atoms with Crippen LogP contribution in [0.4, 0.5) is 0 Å². The lowest BCUT2D eigenvalue weighted by molar-refractivity contribution is 0.397. The van der Waals surface area contributed by atoms with Gasteiger partial charge in [0.2, 0.25) is 0 Å². The first-order valence-corrected chi connectivity index (χ1v) is 6.29. The highest BCUT2D eigenvalue weighted by Gasteiger charge is 2.15. The van der Waals surface area contributed by atoms with Crippen LogP contribution in [0.1, 0.15) is 5.56 Å². The van der Waals surface area contributed by atoms with Gasteiger partial charge in [-0.05, 0) is 35.4 Å². The van der Waals surface area contributed by atoms with Gasteiger partial charge in [0.25, 0.3) is 0 Å². The normalized spacial score (nSPS) is 10.3. The van der Waals surface area contributed by atoms with Gasteiger partial charge >= 0.3 is 0 Å². The molecule has 0 bridgehead atoms. The topological polar surface area (TPSA) is 44.5 Å². The predicted octanol–water partition coefficient (Wildman–Crippen LogP) is 3.48. The fourth-order valence-electron chi connectivity index (χ4n) is 2.09. The highest BCUT2D eigenvalue weighted by molar-refractivity contribution is 6.30. The van der Waals surface area contributed by atoms with Crippen LogP contribution < -0.4 is 15.2 Å². The average molecular weight is 278 g/mol. The van der Waals surface area contributed by atoms with Crippen molar-refractivity contribution < 1.29 is 9.47 Å². The molecule has 4 heteroatoms. The molecule has 0 aliphatic rings. The maximum absolute atomic E-state index is 6.01. The number of rotatable bonds is 4. The van der Waals surface area contributed by atoms with E-state index < -0.39 is 0 Å². The van der Waals surface area contributed by atoms with E-state index in [9.17, 15) is 0 Å². The molecule has 0 saturated carbocycles. The molecule has 0 saturated heterocycles. The summed E-state index contributed by atoms with van der Waals surface area (Å²) < 4.78 is 10.8. The Bertz CT molecular complexity index is 562. The molecular weight excluding hydrogens is 262 g/mol. The standard InChI is InChI=1S/C15H16ClNO2/c1-18-13-4-3-5-14(19-2)15(13)12-7-6-11(16)8-10(12)9-17/h3-8H,9,17H2,1-2H3. The quantitative estimate of drug-likeness (QED) is 0.930. The number of benzene rings is 2. The van der Waals surface area contributed by atoms with Gasteiger partial charge in [0.05, 0.1) is 19.8 Å². The minimum absolute atomic E-state index is 0.400. The molecule has 3 nitrogen and oxygen atoms in total. The van der Waals surface area contributed by atoms with Crippen molar-refractivity contribution >= 4 is 11.6 Å². The third kappa shape index (κ3) is 2.67. The average Bonchev–Trinajstić information content (AvgIpc) is 2.46. The summed E-state index contributed by atoms with van der Waals surface area (Å²) in [6.07, 6.45) is 0. The molecule has 2 N–H and O–H groups in total. The summed E-state index contributed by atoms with van der Waals surface area (Å²) >= 11 is 6.01. The van der Waals surface area contributed by atoms with E-state index in [1.165, 1.54) is 0 Å². The Labute approximate surface area is 117 Å². The Morgan fingerprint density at radius 3 is 2.21 bits per heavy atom. The van der Waals surface area contributed by atoms with E-state index in [0.717, 1.165) is 28.2 Å². The van der Waals surface area contributed by atoms with Crippen LogP contribution in [0.25, 0.3) is 11.1 Å². The molecule has 19 heavy (non-hydrogen) atoms. The molecule has 0 aliphatic heterocycles. The Kier molecular flexibility index (Phi) is 4.30. The molecule has 0 fully saturated rings. The SMILES string of the molecule is COc1cccc(OC)c1-c1ccc(Cl)cc1CN. The number of hydrogen-bond acceptors (Lipinski definition) is 3. The van der Waals surface area contributed by atoms with Gasteiger partial charge in [-0.25, -0.2) is 0 Å². The van der Waals surface area contributed by atoms with E-state index in [4.69, 9.17) is 26.8 Å². The Morgan fingerprint density at radius 2 is 1.68 bits per heavy atom. The molecule has 2 aromatic carbocycles. The summed E-state index contributed by atoms with van der Waals surface area (Å²) in [6, 6.07) is 11.3. The molecule has 2 aromatic rings. The first kappa shape index (κ1) is 13.7. The minimum Gasteiger partial charge on any atom is -0.496 e. The van der Waals surface area contributed by atoms with Crippen molar-refractivity contribution in [1.29, 1.82) is 0 Å². The molecule has 0 spiro atoms. The Morgan fingerprint density at radius 1 is 1.05 bits per heavy atom. The second-order valence-electron chi connectivity index (χ2n) is 4.04. The molecule has 0 amide bonds. The van der Waals surface area contributed by atoms with Gasteiger partial charge in [0, 0.05) is 11.6 Å². The van der Waals surface area contributed by atoms with Crippen LogP contribution in [0.2, 0.25) is 5.02 Å². The van der Waals surface area contributed by atoms with Crippen LogP contribution in [0, 0.1) is 0 Å². The summed E-state index contributed by atoms with van der Waals surface area (Å²) in [6.45, 7) is 0.400. The van der Waals surface area contributed by atoms with Crippen LogP contribution in [0.15, 0.2) is 36.4 Å². The van der Waals surface area contributed by atoms with Gasteiger partial charge in [-0.1, -0.05) is 23.7 Å².